The largest absolute Gasteiger partial charge is 0.477 e. The van der Waals surface area contributed by atoms with Crippen molar-refractivity contribution in [2.45, 2.75) is 40.4 Å². The van der Waals surface area contributed by atoms with Crippen LogP contribution in [0.15, 0.2) is 69.4 Å². The number of rotatable bonds is 18. The number of ether oxygens (including phenoxy) is 2. The molecule has 0 fully saturated rings. The third-order valence-corrected chi connectivity index (χ3v) is 10.4. The maximum Gasteiger partial charge on any atom is 0.341 e. The van der Waals surface area contributed by atoms with E-state index in [4.69, 9.17) is 53.1 Å². The predicted octanol–water partition coefficient (Wildman–Crippen LogP) is 5.59. The summed E-state index contributed by atoms with van der Waals surface area (Å²) >= 11 is 11.9. The number of aromatic nitrogens is 3. The number of hydrogen-bond acceptors (Lipinski definition) is 12. The number of aliphatic hydroxyl groups excluding tert-OH is 2. The number of halogens is 4. The fourth-order valence-corrected chi connectivity index (χ4v) is 6.95. The summed E-state index contributed by atoms with van der Waals surface area (Å²) in [5.74, 6) is -5.32. The van der Waals surface area contributed by atoms with Gasteiger partial charge < -0.3 is 59.3 Å². The van der Waals surface area contributed by atoms with Crippen molar-refractivity contribution in [2.75, 3.05) is 63.4 Å². The zero-order valence-electron chi connectivity index (χ0n) is 35.8. The Kier molecular flexibility index (Phi) is 19.1. The number of carboxylic acid groups (broad SMARTS) is 3. The lowest BCUT2D eigenvalue weighted by Gasteiger charge is -2.14. The van der Waals surface area contributed by atoms with E-state index >= 15 is 0 Å². The van der Waals surface area contributed by atoms with E-state index in [1.54, 1.807) is 39.7 Å². The van der Waals surface area contributed by atoms with Gasteiger partial charge in [0, 0.05) is 67.5 Å². The molecule has 6 rings (SSSR count). The highest BCUT2D eigenvalue weighted by molar-refractivity contribution is 6.34. The molecule has 66 heavy (non-hydrogen) atoms. The van der Waals surface area contributed by atoms with Crippen molar-refractivity contribution >= 4 is 85.2 Å². The van der Waals surface area contributed by atoms with Crippen molar-refractivity contribution in [1.29, 1.82) is 0 Å². The molecule has 3 heterocycles. The first-order valence-corrected chi connectivity index (χ1v) is 21.0. The molecule has 0 atom stereocenters. The molecule has 3 aromatic heterocycles. The molecule has 0 radical (unpaired) electrons. The van der Waals surface area contributed by atoms with Gasteiger partial charge in [0.25, 0.3) is 0 Å². The monoisotopic (exact) mass is 961 g/mol. The number of carbonyl (C=O) groups is 3. The number of nitrogens with zero attached hydrogens (tertiary/aromatic N) is 3. The smallest absolute Gasteiger partial charge is 0.341 e. The van der Waals surface area contributed by atoms with Crippen molar-refractivity contribution < 1.29 is 58.2 Å². The molecule has 0 saturated heterocycles. The third kappa shape index (κ3) is 12.5. The summed E-state index contributed by atoms with van der Waals surface area (Å²) in [6.45, 7) is 8.55. The number of aryl methyl sites for hydroxylation is 3. The molecule has 0 aliphatic carbocycles. The number of fused-ring (bicyclic) bond motifs is 3. The molecule has 0 saturated carbocycles. The Morgan fingerprint density at radius 1 is 0.545 bits per heavy atom. The Labute approximate surface area is 383 Å². The molecular weight excluding hydrogens is 915 g/mol. The number of anilines is 2. The minimum Gasteiger partial charge on any atom is -0.477 e. The average Bonchev–Trinajstić information content (AvgIpc) is 3.28. The van der Waals surface area contributed by atoms with Crippen LogP contribution in [0.5, 0.6) is 0 Å². The molecular formula is C44H47Cl2F2N5O13. The number of carboxylic acids is 3. The zero-order valence-corrected chi connectivity index (χ0v) is 37.3. The Balaban J connectivity index is 0.000000219. The minimum atomic E-state index is -1.34. The Morgan fingerprint density at radius 2 is 0.909 bits per heavy atom. The lowest BCUT2D eigenvalue weighted by Crippen LogP contribution is -2.19. The number of benzene rings is 3. The van der Waals surface area contributed by atoms with Crippen LogP contribution in [0.1, 0.15) is 51.8 Å². The standard InChI is InChI=1S/C16H19ClN2O5.C16H19FN2O5.C12H9ClFNO3/c1-2-19-9-11(16(22)23)15(21)10-7-13(12(17)8-14(10)19)18-3-5-24-6-4-20;1-2-19-9-11(16(22)23)15(21)10-7-12(17)13(8-14(10)19)18-3-5-24-6-4-20;1-2-15-5-7(12(17)18)11(16)6-3-9(14)8(13)4-10(6)15/h2*7-9,18,20H,2-6H2,1H3,(H,22,23);3-5H,2H2,1H3,(H,17,18). The first kappa shape index (κ1) is 52.2. The van der Waals surface area contributed by atoms with E-state index in [0.717, 1.165) is 12.1 Å². The van der Waals surface area contributed by atoms with Crippen LogP contribution in [-0.2, 0) is 29.1 Å². The van der Waals surface area contributed by atoms with Crippen LogP contribution >= 0.6 is 23.2 Å². The molecule has 0 spiro atoms. The second kappa shape index (κ2) is 24.2. The minimum absolute atomic E-state index is 0.0126. The number of aliphatic hydroxyl groups is 2. The van der Waals surface area contributed by atoms with E-state index in [1.165, 1.54) is 30.7 Å². The van der Waals surface area contributed by atoms with Gasteiger partial charge in [-0.2, -0.15) is 0 Å². The van der Waals surface area contributed by atoms with Gasteiger partial charge in [0.1, 0.15) is 28.3 Å². The van der Waals surface area contributed by atoms with Crippen LogP contribution in [0, 0.1) is 11.6 Å². The number of nitrogens with one attached hydrogen (secondary N) is 2. The SMILES string of the molecule is CCn1cc(C(=O)O)c(=O)c2cc(F)c(Cl)cc21.CCn1cc(C(=O)O)c(=O)c2cc(F)c(NCCOCCO)cc21.CCn1cc(C(=O)O)c(=O)c2cc(NCCOCCO)c(Cl)cc21. The summed E-state index contributed by atoms with van der Waals surface area (Å²) in [4.78, 5) is 69.9. The Bertz CT molecular complexity index is 2940. The van der Waals surface area contributed by atoms with Gasteiger partial charge in [-0.3, -0.25) is 14.4 Å². The predicted molar refractivity (Wildman–Crippen MR) is 245 cm³/mol. The first-order chi connectivity index (χ1) is 31.4. The molecule has 354 valence electrons. The van der Waals surface area contributed by atoms with E-state index < -0.39 is 45.8 Å². The molecule has 0 bridgehead atoms. The van der Waals surface area contributed by atoms with Crippen molar-refractivity contribution in [3.8, 4) is 0 Å². The molecule has 7 N–H and O–H groups in total. The lowest BCUT2D eigenvalue weighted by atomic mass is 10.1. The molecule has 22 heteroatoms. The van der Waals surface area contributed by atoms with Gasteiger partial charge in [-0.05, 0) is 57.2 Å². The number of aromatic carboxylic acids is 3. The Morgan fingerprint density at radius 3 is 1.30 bits per heavy atom. The van der Waals surface area contributed by atoms with Crippen LogP contribution in [0.2, 0.25) is 10.0 Å². The fraction of sp³-hybridized carbons (Fsp3) is 0.318. The molecule has 6 aromatic rings. The van der Waals surface area contributed by atoms with Gasteiger partial charge in [-0.1, -0.05) is 23.2 Å². The lowest BCUT2D eigenvalue weighted by molar-refractivity contribution is 0.0684. The van der Waals surface area contributed by atoms with Crippen molar-refractivity contribution in [1.82, 2.24) is 13.7 Å². The molecule has 0 aliphatic rings. The molecule has 0 aliphatic heterocycles. The van der Waals surface area contributed by atoms with E-state index in [0.29, 0.717) is 72.0 Å². The van der Waals surface area contributed by atoms with Gasteiger partial charge in [0.2, 0.25) is 16.3 Å². The summed E-state index contributed by atoms with van der Waals surface area (Å²) in [6.07, 6.45) is 3.83. The summed E-state index contributed by atoms with van der Waals surface area (Å²) < 4.78 is 42.6. The summed E-state index contributed by atoms with van der Waals surface area (Å²) in [7, 11) is 0. The average molecular weight is 963 g/mol. The van der Waals surface area contributed by atoms with E-state index in [2.05, 4.69) is 10.6 Å². The summed E-state index contributed by atoms with van der Waals surface area (Å²) in [5.41, 5.74) is -0.836. The van der Waals surface area contributed by atoms with Gasteiger partial charge in [-0.15, -0.1) is 0 Å². The van der Waals surface area contributed by atoms with Gasteiger partial charge in [-0.25, -0.2) is 23.2 Å². The molecule has 18 nitrogen and oxygen atoms in total. The van der Waals surface area contributed by atoms with Crippen molar-refractivity contribution in [3.05, 3.63) is 124 Å². The number of hydrogen-bond donors (Lipinski definition) is 7. The highest BCUT2D eigenvalue weighted by atomic mass is 35.5. The maximum atomic E-state index is 14.2. The third-order valence-electron chi connectivity index (χ3n) is 9.77. The Hall–Kier alpha value is -6.42. The van der Waals surface area contributed by atoms with Crippen LogP contribution in [0.25, 0.3) is 32.7 Å². The van der Waals surface area contributed by atoms with E-state index in [9.17, 15) is 42.7 Å². The quantitative estimate of drug-likeness (QED) is 0.0519. The zero-order chi connectivity index (χ0) is 48.8. The normalized spacial score (nSPS) is 10.9. The summed E-state index contributed by atoms with van der Waals surface area (Å²) in [5, 5.41) is 51.0. The van der Waals surface area contributed by atoms with Crippen LogP contribution in [0.4, 0.5) is 20.2 Å². The highest BCUT2D eigenvalue weighted by Gasteiger charge is 2.19. The van der Waals surface area contributed by atoms with E-state index in [1.807, 2.05) is 6.92 Å². The van der Waals surface area contributed by atoms with Crippen LogP contribution in [0.3, 0.4) is 0 Å². The number of pyridine rings is 3. The highest BCUT2D eigenvalue weighted by Crippen LogP contribution is 2.28. The van der Waals surface area contributed by atoms with E-state index in [-0.39, 0.29) is 71.2 Å². The van der Waals surface area contributed by atoms with Crippen LogP contribution < -0.4 is 26.9 Å². The van der Waals surface area contributed by atoms with Crippen molar-refractivity contribution in [2.24, 2.45) is 0 Å². The first-order valence-electron chi connectivity index (χ1n) is 20.2. The van der Waals surface area contributed by atoms with Crippen molar-refractivity contribution in [3.63, 3.8) is 0 Å². The molecule has 3 aromatic carbocycles. The maximum absolute atomic E-state index is 14.2. The van der Waals surface area contributed by atoms with Gasteiger partial charge in [0.15, 0.2) is 0 Å². The second-order valence-corrected chi connectivity index (χ2v) is 14.7. The topological polar surface area (TPSA) is 261 Å². The van der Waals surface area contributed by atoms with Gasteiger partial charge >= 0.3 is 17.9 Å². The molecule has 0 unspecified atom stereocenters. The fourth-order valence-electron chi connectivity index (χ4n) is 6.57. The molecule has 0 amide bonds. The summed E-state index contributed by atoms with van der Waals surface area (Å²) in [6, 6.07) is 8.02. The van der Waals surface area contributed by atoms with Gasteiger partial charge in [0.05, 0.1) is 77.6 Å². The second-order valence-electron chi connectivity index (χ2n) is 13.9. The van der Waals surface area contributed by atoms with Crippen LogP contribution in [-0.4, -0.2) is 110 Å².